The Labute approximate surface area is 88.7 Å². The number of nitrogens with one attached hydrogen (secondary N) is 1. The SMILES string of the molecule is CCCCCCNCC[N+](C)([O-])CC. The Morgan fingerprint density at radius 3 is 2.36 bits per heavy atom. The van der Waals surface area contributed by atoms with Gasteiger partial charge in [-0.2, -0.15) is 0 Å². The fourth-order valence-corrected chi connectivity index (χ4v) is 1.28. The average molecular weight is 202 g/mol. The van der Waals surface area contributed by atoms with Crippen LogP contribution in [0.4, 0.5) is 0 Å². The summed E-state index contributed by atoms with van der Waals surface area (Å²) in [4.78, 5) is 0. The maximum absolute atomic E-state index is 11.5. The Bertz CT molecular complexity index is 126. The highest BCUT2D eigenvalue weighted by Gasteiger charge is 2.04. The Kier molecular flexibility index (Phi) is 8.14. The van der Waals surface area contributed by atoms with Gasteiger partial charge in [-0.1, -0.05) is 26.2 Å². The van der Waals surface area contributed by atoms with E-state index >= 15 is 0 Å². The number of quaternary nitrogens is 1. The first-order valence-corrected chi connectivity index (χ1v) is 5.88. The minimum Gasteiger partial charge on any atom is -0.633 e. The molecule has 0 aromatic heterocycles. The summed E-state index contributed by atoms with van der Waals surface area (Å²) >= 11 is 0. The number of unbranched alkanes of at least 4 members (excludes halogenated alkanes) is 3. The fourth-order valence-electron chi connectivity index (χ4n) is 1.28. The van der Waals surface area contributed by atoms with Crippen LogP contribution in [0.3, 0.4) is 0 Å². The zero-order valence-electron chi connectivity index (χ0n) is 10.0. The molecule has 0 heterocycles. The van der Waals surface area contributed by atoms with Crippen molar-refractivity contribution in [3.8, 4) is 0 Å². The molecule has 0 aliphatic heterocycles. The van der Waals surface area contributed by atoms with Crippen molar-refractivity contribution >= 4 is 0 Å². The molecule has 0 aromatic carbocycles. The molecule has 0 rings (SSSR count). The van der Waals surface area contributed by atoms with E-state index in [1.165, 1.54) is 25.7 Å². The summed E-state index contributed by atoms with van der Waals surface area (Å²) in [5.41, 5.74) is 0. The van der Waals surface area contributed by atoms with E-state index in [2.05, 4.69) is 12.2 Å². The molecule has 1 atom stereocenters. The smallest absolute Gasteiger partial charge is 0.0908 e. The standard InChI is InChI=1S/C11H26N2O/c1-4-6-7-8-9-12-10-11-13(3,14)5-2/h12H,4-11H2,1-3H3. The van der Waals surface area contributed by atoms with Crippen LogP contribution < -0.4 is 5.32 Å². The molecule has 0 spiro atoms. The van der Waals surface area contributed by atoms with Crippen LogP contribution in [0.15, 0.2) is 0 Å². The first-order valence-electron chi connectivity index (χ1n) is 5.88. The molecule has 3 nitrogen and oxygen atoms in total. The highest BCUT2D eigenvalue weighted by atomic mass is 16.5. The molecule has 0 radical (unpaired) electrons. The van der Waals surface area contributed by atoms with Gasteiger partial charge >= 0.3 is 0 Å². The van der Waals surface area contributed by atoms with Gasteiger partial charge in [-0.05, 0) is 19.9 Å². The van der Waals surface area contributed by atoms with Crippen LogP contribution in [0.25, 0.3) is 0 Å². The first kappa shape index (κ1) is 13.9. The van der Waals surface area contributed by atoms with E-state index in [4.69, 9.17) is 0 Å². The Balaban J connectivity index is 3.13. The van der Waals surface area contributed by atoms with E-state index in [1.54, 1.807) is 7.05 Å². The second-order valence-electron chi connectivity index (χ2n) is 4.15. The molecule has 14 heavy (non-hydrogen) atoms. The Morgan fingerprint density at radius 1 is 1.07 bits per heavy atom. The van der Waals surface area contributed by atoms with Crippen LogP contribution in [0.1, 0.15) is 39.5 Å². The van der Waals surface area contributed by atoms with E-state index in [9.17, 15) is 5.21 Å². The molecule has 1 N–H and O–H groups in total. The predicted octanol–water partition coefficient (Wildman–Crippen LogP) is 2.12. The molecule has 0 saturated heterocycles. The maximum atomic E-state index is 11.5. The summed E-state index contributed by atoms with van der Waals surface area (Å²) in [5, 5.41) is 14.8. The number of hydroxylamine groups is 3. The van der Waals surface area contributed by atoms with Gasteiger partial charge in [0.15, 0.2) is 0 Å². The molecule has 0 amide bonds. The van der Waals surface area contributed by atoms with Crippen molar-refractivity contribution in [1.82, 2.24) is 5.32 Å². The van der Waals surface area contributed by atoms with E-state index in [0.29, 0.717) is 13.1 Å². The van der Waals surface area contributed by atoms with Crippen molar-refractivity contribution < 1.29 is 4.65 Å². The number of hydrogen-bond acceptors (Lipinski definition) is 2. The normalized spacial score (nSPS) is 15.4. The summed E-state index contributed by atoms with van der Waals surface area (Å²) in [6.07, 6.45) is 5.15. The minimum atomic E-state index is -0.123. The van der Waals surface area contributed by atoms with Crippen molar-refractivity contribution in [1.29, 1.82) is 0 Å². The van der Waals surface area contributed by atoms with Crippen molar-refractivity contribution in [3.63, 3.8) is 0 Å². The number of nitrogens with zero attached hydrogens (tertiary/aromatic N) is 1. The maximum Gasteiger partial charge on any atom is 0.0908 e. The molecule has 0 bridgehead atoms. The lowest BCUT2D eigenvalue weighted by atomic mass is 10.2. The molecule has 0 fully saturated rings. The van der Waals surface area contributed by atoms with E-state index in [1.807, 2.05) is 6.92 Å². The topological polar surface area (TPSA) is 35.1 Å². The first-order chi connectivity index (χ1) is 6.62. The number of rotatable bonds is 9. The summed E-state index contributed by atoms with van der Waals surface area (Å²) in [5.74, 6) is 0. The van der Waals surface area contributed by atoms with Gasteiger partial charge in [-0.15, -0.1) is 0 Å². The van der Waals surface area contributed by atoms with Crippen LogP contribution in [0.2, 0.25) is 0 Å². The molecule has 3 heteroatoms. The van der Waals surface area contributed by atoms with E-state index < -0.39 is 0 Å². The summed E-state index contributed by atoms with van der Waals surface area (Å²) in [7, 11) is 1.73. The van der Waals surface area contributed by atoms with Crippen LogP contribution in [-0.4, -0.2) is 37.9 Å². The molecule has 0 saturated carbocycles. The third kappa shape index (κ3) is 8.48. The second-order valence-corrected chi connectivity index (χ2v) is 4.15. The van der Waals surface area contributed by atoms with Crippen molar-refractivity contribution in [2.24, 2.45) is 0 Å². The molecule has 86 valence electrons. The molecular formula is C11H26N2O. The van der Waals surface area contributed by atoms with Gasteiger partial charge in [0.2, 0.25) is 0 Å². The average Bonchev–Trinajstić information content (AvgIpc) is 2.16. The Hall–Kier alpha value is -0.120. The third-order valence-electron chi connectivity index (χ3n) is 2.64. The molecular weight excluding hydrogens is 176 g/mol. The summed E-state index contributed by atoms with van der Waals surface area (Å²) < 4.78 is -0.123. The number of likely N-dealkylation sites (N-methyl/N-ethyl adjacent to an activating group) is 1. The van der Waals surface area contributed by atoms with Gasteiger partial charge in [0.1, 0.15) is 0 Å². The highest BCUT2D eigenvalue weighted by molar-refractivity contribution is 4.48. The summed E-state index contributed by atoms with van der Waals surface area (Å²) in [6.45, 7) is 7.41. The molecule has 0 aromatic rings. The lowest BCUT2D eigenvalue weighted by Gasteiger charge is -2.37. The van der Waals surface area contributed by atoms with Gasteiger partial charge in [0.05, 0.1) is 20.1 Å². The van der Waals surface area contributed by atoms with Gasteiger partial charge < -0.3 is 15.2 Å². The van der Waals surface area contributed by atoms with Crippen LogP contribution in [-0.2, 0) is 0 Å². The zero-order chi connectivity index (χ0) is 10.9. The van der Waals surface area contributed by atoms with Crippen molar-refractivity contribution in [2.75, 3.05) is 33.2 Å². The largest absolute Gasteiger partial charge is 0.633 e. The number of hydrogen-bond donors (Lipinski definition) is 1. The van der Waals surface area contributed by atoms with Crippen LogP contribution in [0.5, 0.6) is 0 Å². The molecule has 1 unspecified atom stereocenters. The fraction of sp³-hybridized carbons (Fsp3) is 1.00. The lowest BCUT2D eigenvalue weighted by molar-refractivity contribution is -0.857. The Morgan fingerprint density at radius 2 is 1.79 bits per heavy atom. The van der Waals surface area contributed by atoms with Crippen LogP contribution in [0, 0.1) is 5.21 Å². The predicted molar refractivity (Wildman–Crippen MR) is 62.0 cm³/mol. The van der Waals surface area contributed by atoms with Gasteiger partial charge in [0, 0.05) is 6.54 Å². The van der Waals surface area contributed by atoms with E-state index in [0.717, 1.165) is 13.1 Å². The second kappa shape index (κ2) is 8.21. The quantitative estimate of drug-likeness (QED) is 0.353. The summed E-state index contributed by atoms with van der Waals surface area (Å²) in [6, 6.07) is 0. The lowest BCUT2D eigenvalue weighted by Crippen LogP contribution is -2.42. The van der Waals surface area contributed by atoms with Gasteiger partial charge in [-0.3, -0.25) is 0 Å². The highest BCUT2D eigenvalue weighted by Crippen LogP contribution is 1.98. The van der Waals surface area contributed by atoms with Crippen molar-refractivity contribution in [2.45, 2.75) is 39.5 Å². The minimum absolute atomic E-state index is 0.123. The third-order valence-corrected chi connectivity index (χ3v) is 2.64. The van der Waals surface area contributed by atoms with Crippen LogP contribution >= 0.6 is 0 Å². The van der Waals surface area contributed by atoms with E-state index in [-0.39, 0.29) is 4.65 Å². The van der Waals surface area contributed by atoms with Gasteiger partial charge in [0.25, 0.3) is 0 Å². The monoisotopic (exact) mass is 202 g/mol. The van der Waals surface area contributed by atoms with Crippen molar-refractivity contribution in [3.05, 3.63) is 5.21 Å². The molecule has 0 aliphatic rings. The molecule has 0 aliphatic carbocycles. The zero-order valence-corrected chi connectivity index (χ0v) is 10.0. The van der Waals surface area contributed by atoms with Gasteiger partial charge in [-0.25, -0.2) is 0 Å².